The molecule has 0 radical (unpaired) electrons. The Labute approximate surface area is 126 Å². The topological polar surface area (TPSA) is 72.2 Å². The third kappa shape index (κ3) is 3.01. The highest BCUT2D eigenvalue weighted by molar-refractivity contribution is 6.34. The molecule has 1 amide bonds. The Morgan fingerprint density at radius 2 is 1.82 bits per heavy atom. The molecule has 0 unspecified atom stereocenters. The van der Waals surface area contributed by atoms with Gasteiger partial charge in [-0.2, -0.15) is 0 Å². The number of amides is 1. The van der Waals surface area contributed by atoms with Gasteiger partial charge in [0, 0.05) is 12.1 Å². The summed E-state index contributed by atoms with van der Waals surface area (Å²) in [5.41, 5.74) is -1.10. The SMILES string of the molecule is O=C(Nc1ccc(F)c(F)c1F)c1ccc([N+](=O)[O-])cc1Cl. The summed E-state index contributed by atoms with van der Waals surface area (Å²) in [5, 5.41) is 12.3. The Bertz CT molecular complexity index is 783. The van der Waals surface area contributed by atoms with E-state index in [1.54, 1.807) is 0 Å². The number of benzene rings is 2. The zero-order valence-electron chi connectivity index (χ0n) is 10.6. The summed E-state index contributed by atoms with van der Waals surface area (Å²) in [6, 6.07) is 4.52. The fourth-order valence-electron chi connectivity index (χ4n) is 1.61. The van der Waals surface area contributed by atoms with Gasteiger partial charge in [0.1, 0.15) is 0 Å². The van der Waals surface area contributed by atoms with Gasteiger partial charge in [0.2, 0.25) is 0 Å². The standard InChI is InChI=1S/C13H6ClF3N2O3/c14-8-5-6(19(21)22)1-2-7(8)13(20)18-10-4-3-9(15)11(16)12(10)17/h1-5H,(H,18,20). The zero-order valence-corrected chi connectivity index (χ0v) is 11.3. The molecule has 0 aromatic heterocycles. The van der Waals surface area contributed by atoms with Gasteiger partial charge in [0.05, 0.1) is 21.2 Å². The number of carbonyl (C=O) groups is 1. The van der Waals surface area contributed by atoms with E-state index in [0.717, 1.165) is 24.3 Å². The minimum atomic E-state index is -1.73. The summed E-state index contributed by atoms with van der Waals surface area (Å²) in [6.45, 7) is 0. The van der Waals surface area contributed by atoms with E-state index >= 15 is 0 Å². The Morgan fingerprint density at radius 3 is 2.41 bits per heavy atom. The number of halogens is 4. The van der Waals surface area contributed by atoms with Crippen LogP contribution < -0.4 is 5.32 Å². The second-order valence-electron chi connectivity index (χ2n) is 4.10. The molecule has 5 nitrogen and oxygen atoms in total. The molecule has 0 saturated heterocycles. The van der Waals surface area contributed by atoms with Crippen molar-refractivity contribution in [2.75, 3.05) is 5.32 Å². The van der Waals surface area contributed by atoms with Gasteiger partial charge >= 0.3 is 0 Å². The molecular weight excluding hydrogens is 325 g/mol. The minimum Gasteiger partial charge on any atom is -0.319 e. The highest BCUT2D eigenvalue weighted by atomic mass is 35.5. The average Bonchev–Trinajstić information content (AvgIpc) is 2.47. The molecule has 0 aliphatic rings. The van der Waals surface area contributed by atoms with E-state index in [4.69, 9.17) is 11.6 Å². The van der Waals surface area contributed by atoms with Crippen molar-refractivity contribution in [3.8, 4) is 0 Å². The molecular formula is C13H6ClF3N2O3. The van der Waals surface area contributed by atoms with Crippen molar-refractivity contribution >= 4 is 28.9 Å². The fraction of sp³-hybridized carbons (Fsp3) is 0. The predicted molar refractivity (Wildman–Crippen MR) is 72.4 cm³/mol. The number of nitrogens with zero attached hydrogens (tertiary/aromatic N) is 1. The number of nitrogens with one attached hydrogen (secondary N) is 1. The van der Waals surface area contributed by atoms with E-state index in [-0.39, 0.29) is 16.3 Å². The number of hydrogen-bond acceptors (Lipinski definition) is 3. The molecule has 0 fully saturated rings. The Hall–Kier alpha value is -2.61. The van der Waals surface area contributed by atoms with Crippen LogP contribution in [-0.2, 0) is 0 Å². The normalized spacial score (nSPS) is 10.4. The van der Waals surface area contributed by atoms with Crippen molar-refractivity contribution in [2.24, 2.45) is 0 Å². The van der Waals surface area contributed by atoms with Gasteiger partial charge in [-0.05, 0) is 18.2 Å². The summed E-state index contributed by atoms with van der Waals surface area (Å²) in [4.78, 5) is 21.8. The van der Waals surface area contributed by atoms with Crippen LogP contribution in [0.3, 0.4) is 0 Å². The lowest BCUT2D eigenvalue weighted by Crippen LogP contribution is -2.14. The second kappa shape index (κ2) is 6.02. The maximum Gasteiger partial charge on any atom is 0.270 e. The number of anilines is 1. The van der Waals surface area contributed by atoms with Crippen LogP contribution >= 0.6 is 11.6 Å². The van der Waals surface area contributed by atoms with Gasteiger partial charge in [0.25, 0.3) is 11.6 Å². The largest absolute Gasteiger partial charge is 0.319 e. The van der Waals surface area contributed by atoms with Gasteiger partial charge in [-0.15, -0.1) is 0 Å². The number of hydrogen-bond donors (Lipinski definition) is 1. The van der Waals surface area contributed by atoms with Crippen LogP contribution in [-0.4, -0.2) is 10.8 Å². The lowest BCUT2D eigenvalue weighted by Gasteiger charge is -2.08. The molecule has 0 bridgehead atoms. The maximum atomic E-state index is 13.5. The number of carbonyl (C=O) groups excluding carboxylic acids is 1. The van der Waals surface area contributed by atoms with Crippen LogP contribution in [0.1, 0.15) is 10.4 Å². The van der Waals surface area contributed by atoms with E-state index in [9.17, 15) is 28.1 Å². The third-order valence-electron chi connectivity index (χ3n) is 2.69. The van der Waals surface area contributed by atoms with Crippen LogP contribution in [0.15, 0.2) is 30.3 Å². The van der Waals surface area contributed by atoms with Gasteiger partial charge in [-0.3, -0.25) is 14.9 Å². The summed E-state index contributed by atoms with van der Waals surface area (Å²) in [5.74, 6) is -5.62. The zero-order chi connectivity index (χ0) is 16.4. The first kappa shape index (κ1) is 15.8. The van der Waals surface area contributed by atoms with E-state index in [1.807, 2.05) is 5.32 Å². The molecule has 9 heteroatoms. The monoisotopic (exact) mass is 330 g/mol. The fourth-order valence-corrected chi connectivity index (χ4v) is 1.87. The molecule has 114 valence electrons. The molecule has 0 saturated carbocycles. The van der Waals surface area contributed by atoms with E-state index in [2.05, 4.69) is 0 Å². The summed E-state index contributed by atoms with van der Waals surface area (Å²) in [7, 11) is 0. The molecule has 0 atom stereocenters. The van der Waals surface area contributed by atoms with Gasteiger partial charge in [-0.1, -0.05) is 11.6 Å². The lowest BCUT2D eigenvalue weighted by molar-refractivity contribution is -0.384. The van der Waals surface area contributed by atoms with Crippen molar-refractivity contribution in [1.29, 1.82) is 0 Å². The van der Waals surface area contributed by atoms with Crippen molar-refractivity contribution in [3.63, 3.8) is 0 Å². The highest BCUT2D eigenvalue weighted by Crippen LogP contribution is 2.25. The maximum absolute atomic E-state index is 13.5. The highest BCUT2D eigenvalue weighted by Gasteiger charge is 2.19. The quantitative estimate of drug-likeness (QED) is 0.526. The number of nitro benzene ring substituents is 1. The second-order valence-corrected chi connectivity index (χ2v) is 4.51. The number of non-ortho nitro benzene ring substituents is 1. The molecule has 0 spiro atoms. The molecule has 0 heterocycles. The first-order chi connectivity index (χ1) is 10.3. The summed E-state index contributed by atoms with van der Waals surface area (Å²) >= 11 is 5.74. The molecule has 1 N–H and O–H groups in total. The number of rotatable bonds is 3. The third-order valence-corrected chi connectivity index (χ3v) is 3.00. The molecule has 2 aromatic rings. The van der Waals surface area contributed by atoms with Crippen molar-refractivity contribution < 1.29 is 22.9 Å². The molecule has 0 aliphatic heterocycles. The number of nitro groups is 1. The van der Waals surface area contributed by atoms with Crippen molar-refractivity contribution in [3.05, 3.63) is 68.5 Å². The van der Waals surface area contributed by atoms with E-state index < -0.39 is 34.0 Å². The predicted octanol–water partition coefficient (Wildman–Crippen LogP) is 3.92. The Kier molecular flexibility index (Phi) is 4.32. The Morgan fingerprint density at radius 1 is 1.14 bits per heavy atom. The molecule has 22 heavy (non-hydrogen) atoms. The Balaban J connectivity index is 2.30. The van der Waals surface area contributed by atoms with Crippen LogP contribution in [0.5, 0.6) is 0 Å². The molecule has 2 aromatic carbocycles. The van der Waals surface area contributed by atoms with E-state index in [1.165, 1.54) is 0 Å². The van der Waals surface area contributed by atoms with Crippen LogP contribution in [0.2, 0.25) is 5.02 Å². The first-order valence-electron chi connectivity index (χ1n) is 5.70. The van der Waals surface area contributed by atoms with Gasteiger partial charge in [0.15, 0.2) is 17.5 Å². The smallest absolute Gasteiger partial charge is 0.270 e. The molecule has 0 aliphatic carbocycles. The molecule has 2 rings (SSSR count). The summed E-state index contributed by atoms with van der Waals surface area (Å²) in [6.07, 6.45) is 0. The van der Waals surface area contributed by atoms with E-state index in [0.29, 0.717) is 6.07 Å². The van der Waals surface area contributed by atoms with Gasteiger partial charge in [-0.25, -0.2) is 13.2 Å². The summed E-state index contributed by atoms with van der Waals surface area (Å²) < 4.78 is 39.3. The van der Waals surface area contributed by atoms with Gasteiger partial charge < -0.3 is 5.32 Å². The van der Waals surface area contributed by atoms with Crippen molar-refractivity contribution in [1.82, 2.24) is 0 Å². The van der Waals surface area contributed by atoms with Crippen molar-refractivity contribution in [2.45, 2.75) is 0 Å². The average molecular weight is 331 g/mol. The first-order valence-corrected chi connectivity index (χ1v) is 6.08. The van der Waals surface area contributed by atoms with Crippen LogP contribution in [0.4, 0.5) is 24.5 Å². The minimum absolute atomic E-state index is 0.184. The van der Waals surface area contributed by atoms with Crippen LogP contribution in [0.25, 0.3) is 0 Å². The van der Waals surface area contributed by atoms with Crippen LogP contribution in [0, 0.1) is 27.6 Å². The lowest BCUT2D eigenvalue weighted by atomic mass is 10.2.